The minimum absolute atomic E-state index is 0.0277. The molecule has 1 unspecified atom stereocenters. The number of aromatic nitrogens is 2. The van der Waals surface area contributed by atoms with E-state index in [0.717, 1.165) is 28.4 Å². The molecule has 19 heavy (non-hydrogen) atoms. The fourth-order valence-corrected chi connectivity index (χ4v) is 2.80. The van der Waals surface area contributed by atoms with Crippen LogP contribution in [0.5, 0.6) is 5.75 Å². The number of aromatic amines is 1. The zero-order valence-corrected chi connectivity index (χ0v) is 11.7. The molecule has 0 aliphatic carbocycles. The standard InChI is InChI=1S/C13H16N2O3S/c1-3-9(7-12(16)17)19-13-14-10-5-4-8(18-2)6-11(10)15-13/h4-6,9H,3,7H2,1-2H3,(H,14,15)(H,16,17). The molecular formula is C13H16N2O3S. The number of thioether (sulfide) groups is 1. The Labute approximate surface area is 115 Å². The number of aliphatic carboxylic acids is 1. The normalized spacial score (nSPS) is 12.5. The molecular weight excluding hydrogens is 264 g/mol. The lowest BCUT2D eigenvalue weighted by Crippen LogP contribution is -2.08. The number of hydrogen-bond acceptors (Lipinski definition) is 4. The lowest BCUT2D eigenvalue weighted by atomic mass is 10.2. The van der Waals surface area contributed by atoms with Crippen LogP contribution in [0.3, 0.4) is 0 Å². The first-order valence-electron chi connectivity index (χ1n) is 6.04. The van der Waals surface area contributed by atoms with E-state index >= 15 is 0 Å². The summed E-state index contributed by atoms with van der Waals surface area (Å²) in [4.78, 5) is 18.4. The minimum atomic E-state index is -0.780. The third-order valence-electron chi connectivity index (χ3n) is 2.80. The first kappa shape index (κ1) is 13.7. The molecule has 0 spiro atoms. The molecule has 2 rings (SSSR count). The first-order valence-corrected chi connectivity index (χ1v) is 6.92. The zero-order valence-electron chi connectivity index (χ0n) is 10.8. The number of benzene rings is 1. The number of carboxylic acids is 1. The number of methoxy groups -OCH3 is 1. The Morgan fingerprint density at radius 2 is 2.37 bits per heavy atom. The highest BCUT2D eigenvalue weighted by Crippen LogP contribution is 2.28. The molecule has 5 nitrogen and oxygen atoms in total. The van der Waals surface area contributed by atoms with E-state index in [0.29, 0.717) is 0 Å². The molecule has 0 aliphatic rings. The molecule has 0 radical (unpaired) electrons. The van der Waals surface area contributed by atoms with Crippen LogP contribution in [0.25, 0.3) is 11.0 Å². The van der Waals surface area contributed by atoms with Crippen molar-refractivity contribution in [2.24, 2.45) is 0 Å². The second-order valence-electron chi connectivity index (χ2n) is 4.17. The Hall–Kier alpha value is -1.69. The maximum absolute atomic E-state index is 10.8. The molecule has 1 atom stereocenters. The van der Waals surface area contributed by atoms with Crippen LogP contribution in [0.2, 0.25) is 0 Å². The Morgan fingerprint density at radius 1 is 1.58 bits per heavy atom. The monoisotopic (exact) mass is 280 g/mol. The van der Waals surface area contributed by atoms with Gasteiger partial charge in [0, 0.05) is 11.3 Å². The van der Waals surface area contributed by atoms with Crippen molar-refractivity contribution in [3.05, 3.63) is 18.2 Å². The van der Waals surface area contributed by atoms with Crippen LogP contribution in [0.1, 0.15) is 19.8 Å². The van der Waals surface area contributed by atoms with Crippen molar-refractivity contribution in [3.8, 4) is 5.75 Å². The lowest BCUT2D eigenvalue weighted by Gasteiger charge is -2.08. The molecule has 102 valence electrons. The summed E-state index contributed by atoms with van der Waals surface area (Å²) >= 11 is 1.47. The number of rotatable bonds is 6. The number of ether oxygens (including phenoxy) is 1. The van der Waals surface area contributed by atoms with Crippen LogP contribution >= 0.6 is 11.8 Å². The van der Waals surface area contributed by atoms with E-state index in [-0.39, 0.29) is 11.7 Å². The number of nitrogens with zero attached hydrogens (tertiary/aromatic N) is 1. The number of H-pyrrole nitrogens is 1. The third kappa shape index (κ3) is 3.41. The number of hydrogen-bond donors (Lipinski definition) is 2. The van der Waals surface area contributed by atoms with Gasteiger partial charge in [0.05, 0.1) is 24.6 Å². The Balaban J connectivity index is 2.18. The van der Waals surface area contributed by atoms with Crippen molar-refractivity contribution in [2.75, 3.05) is 7.11 Å². The highest BCUT2D eigenvalue weighted by Gasteiger charge is 2.15. The van der Waals surface area contributed by atoms with E-state index in [1.54, 1.807) is 7.11 Å². The number of nitrogens with one attached hydrogen (secondary N) is 1. The molecule has 1 aromatic heterocycles. The van der Waals surface area contributed by atoms with Gasteiger partial charge in [-0.15, -0.1) is 0 Å². The van der Waals surface area contributed by atoms with Gasteiger partial charge >= 0.3 is 5.97 Å². The van der Waals surface area contributed by atoms with Crippen LogP contribution in [-0.4, -0.2) is 33.4 Å². The van der Waals surface area contributed by atoms with E-state index in [2.05, 4.69) is 9.97 Å². The molecule has 0 bridgehead atoms. The molecule has 1 aromatic carbocycles. The van der Waals surface area contributed by atoms with E-state index < -0.39 is 5.97 Å². The van der Waals surface area contributed by atoms with Gasteiger partial charge in [-0.3, -0.25) is 4.79 Å². The Kier molecular flexibility index (Phi) is 4.31. The molecule has 0 fully saturated rings. The topological polar surface area (TPSA) is 75.2 Å². The Bertz CT molecular complexity index is 582. The second kappa shape index (κ2) is 5.97. The van der Waals surface area contributed by atoms with Crippen molar-refractivity contribution in [1.82, 2.24) is 9.97 Å². The van der Waals surface area contributed by atoms with Gasteiger partial charge in [-0.05, 0) is 18.6 Å². The van der Waals surface area contributed by atoms with Gasteiger partial charge in [-0.25, -0.2) is 4.98 Å². The summed E-state index contributed by atoms with van der Waals surface area (Å²) in [7, 11) is 1.62. The molecule has 0 aliphatic heterocycles. The highest BCUT2D eigenvalue weighted by molar-refractivity contribution is 7.99. The van der Waals surface area contributed by atoms with Crippen molar-refractivity contribution < 1.29 is 14.6 Å². The molecule has 6 heteroatoms. The maximum Gasteiger partial charge on any atom is 0.304 e. The number of carboxylic acid groups (broad SMARTS) is 1. The maximum atomic E-state index is 10.8. The molecule has 2 N–H and O–H groups in total. The van der Waals surface area contributed by atoms with Gasteiger partial charge in [0.1, 0.15) is 5.75 Å². The van der Waals surface area contributed by atoms with Crippen LogP contribution in [0.4, 0.5) is 0 Å². The summed E-state index contributed by atoms with van der Waals surface area (Å²) in [5, 5.41) is 9.62. The van der Waals surface area contributed by atoms with Crippen molar-refractivity contribution in [2.45, 2.75) is 30.2 Å². The fraction of sp³-hybridized carbons (Fsp3) is 0.385. The van der Waals surface area contributed by atoms with Gasteiger partial charge in [0.2, 0.25) is 0 Å². The van der Waals surface area contributed by atoms with Gasteiger partial charge < -0.3 is 14.8 Å². The summed E-state index contributed by atoms with van der Waals surface area (Å²) in [6.45, 7) is 1.98. The summed E-state index contributed by atoms with van der Waals surface area (Å²) in [5.74, 6) is -0.0117. The van der Waals surface area contributed by atoms with Gasteiger partial charge in [-0.1, -0.05) is 18.7 Å². The Morgan fingerprint density at radius 3 is 3.00 bits per heavy atom. The molecule has 0 saturated heterocycles. The predicted molar refractivity (Wildman–Crippen MR) is 74.8 cm³/mol. The van der Waals surface area contributed by atoms with Gasteiger partial charge in [-0.2, -0.15) is 0 Å². The first-order chi connectivity index (χ1) is 9.12. The molecule has 0 saturated carbocycles. The summed E-state index contributed by atoms with van der Waals surface area (Å²) in [6.07, 6.45) is 0.929. The van der Waals surface area contributed by atoms with E-state index in [4.69, 9.17) is 9.84 Å². The lowest BCUT2D eigenvalue weighted by molar-refractivity contribution is -0.136. The van der Waals surface area contributed by atoms with Gasteiger partial charge in [0.25, 0.3) is 0 Å². The van der Waals surface area contributed by atoms with Crippen molar-refractivity contribution >= 4 is 28.8 Å². The van der Waals surface area contributed by atoms with E-state index in [9.17, 15) is 4.79 Å². The molecule has 2 aromatic rings. The number of imidazole rings is 1. The molecule has 0 amide bonds. The van der Waals surface area contributed by atoms with Crippen LogP contribution < -0.4 is 4.74 Å². The summed E-state index contributed by atoms with van der Waals surface area (Å²) in [5.41, 5.74) is 1.75. The van der Waals surface area contributed by atoms with Crippen molar-refractivity contribution in [3.63, 3.8) is 0 Å². The fourth-order valence-electron chi connectivity index (χ4n) is 1.77. The number of fused-ring (bicyclic) bond motifs is 1. The van der Waals surface area contributed by atoms with Crippen LogP contribution in [0.15, 0.2) is 23.4 Å². The van der Waals surface area contributed by atoms with E-state index in [1.807, 2.05) is 25.1 Å². The van der Waals surface area contributed by atoms with E-state index in [1.165, 1.54) is 11.8 Å². The number of carbonyl (C=O) groups is 1. The summed E-state index contributed by atoms with van der Waals surface area (Å²) in [6, 6.07) is 5.61. The largest absolute Gasteiger partial charge is 0.497 e. The quantitative estimate of drug-likeness (QED) is 0.796. The highest BCUT2D eigenvalue weighted by atomic mass is 32.2. The van der Waals surface area contributed by atoms with Crippen LogP contribution in [-0.2, 0) is 4.79 Å². The van der Waals surface area contributed by atoms with Gasteiger partial charge in [0.15, 0.2) is 5.16 Å². The molecule has 1 heterocycles. The summed E-state index contributed by atoms with van der Waals surface area (Å²) < 4.78 is 5.15. The van der Waals surface area contributed by atoms with Crippen LogP contribution in [0, 0.1) is 0 Å². The minimum Gasteiger partial charge on any atom is -0.497 e. The second-order valence-corrected chi connectivity index (χ2v) is 5.46. The third-order valence-corrected chi connectivity index (χ3v) is 4.05. The zero-order chi connectivity index (χ0) is 13.8. The predicted octanol–water partition coefficient (Wildman–Crippen LogP) is 2.92. The SMILES string of the molecule is CCC(CC(=O)O)Sc1nc2ccc(OC)cc2[nH]1. The average Bonchev–Trinajstić information content (AvgIpc) is 2.78. The average molecular weight is 280 g/mol. The van der Waals surface area contributed by atoms with Crippen molar-refractivity contribution in [1.29, 1.82) is 0 Å². The smallest absolute Gasteiger partial charge is 0.304 e.